The van der Waals surface area contributed by atoms with Gasteiger partial charge in [-0.1, -0.05) is 6.92 Å². The van der Waals surface area contributed by atoms with Crippen molar-refractivity contribution in [2.45, 2.75) is 59.4 Å². The molecule has 18 heavy (non-hydrogen) atoms. The maximum atomic E-state index is 3.60. The van der Waals surface area contributed by atoms with Gasteiger partial charge >= 0.3 is 0 Å². The van der Waals surface area contributed by atoms with Crippen LogP contribution >= 0.6 is 27.3 Å². The largest absolute Gasteiger partial charge is 0.312 e. The summed E-state index contributed by atoms with van der Waals surface area (Å²) in [6.45, 7) is 12.3. The topological polar surface area (TPSA) is 12.0 Å². The molecule has 3 heteroatoms. The van der Waals surface area contributed by atoms with Crippen molar-refractivity contribution in [3.63, 3.8) is 0 Å². The second-order valence-electron chi connectivity index (χ2n) is 6.28. The highest BCUT2D eigenvalue weighted by Crippen LogP contribution is 2.29. The van der Waals surface area contributed by atoms with Crippen LogP contribution < -0.4 is 5.32 Å². The fourth-order valence-corrected chi connectivity index (χ4v) is 3.52. The van der Waals surface area contributed by atoms with Crippen LogP contribution in [-0.2, 0) is 6.42 Å². The maximum absolute atomic E-state index is 3.60. The molecule has 0 aliphatic heterocycles. The van der Waals surface area contributed by atoms with Gasteiger partial charge in [-0.25, -0.2) is 0 Å². The summed E-state index contributed by atoms with van der Waals surface area (Å²) in [5.74, 6) is 0.793. The van der Waals surface area contributed by atoms with Crippen molar-refractivity contribution in [3.8, 4) is 0 Å². The van der Waals surface area contributed by atoms with Crippen LogP contribution in [0.25, 0.3) is 0 Å². The molecule has 1 aromatic heterocycles. The van der Waals surface area contributed by atoms with E-state index in [1.165, 1.54) is 33.5 Å². The van der Waals surface area contributed by atoms with Crippen LogP contribution in [0.1, 0.15) is 51.0 Å². The van der Waals surface area contributed by atoms with E-state index in [-0.39, 0.29) is 5.54 Å². The first-order valence-corrected chi connectivity index (χ1v) is 8.39. The lowest BCUT2D eigenvalue weighted by Crippen LogP contribution is -2.36. The molecule has 104 valence electrons. The molecule has 0 radical (unpaired) electrons. The maximum Gasteiger partial charge on any atom is 0.0730 e. The van der Waals surface area contributed by atoms with Gasteiger partial charge in [0.15, 0.2) is 0 Å². The van der Waals surface area contributed by atoms with E-state index in [0.29, 0.717) is 0 Å². The van der Waals surface area contributed by atoms with Crippen molar-refractivity contribution >= 4 is 27.3 Å². The van der Waals surface area contributed by atoms with Crippen LogP contribution in [0.5, 0.6) is 0 Å². The summed E-state index contributed by atoms with van der Waals surface area (Å²) >= 11 is 5.48. The summed E-state index contributed by atoms with van der Waals surface area (Å²) in [6, 6.07) is 2.31. The molecule has 0 saturated carbocycles. The second kappa shape index (κ2) is 7.06. The van der Waals surface area contributed by atoms with Gasteiger partial charge in [0.2, 0.25) is 0 Å². The molecule has 0 amide bonds. The molecule has 0 aliphatic rings. The highest BCUT2D eigenvalue weighted by molar-refractivity contribution is 9.11. The molecule has 0 saturated heterocycles. The Morgan fingerprint density at radius 2 is 2.00 bits per heavy atom. The summed E-state index contributed by atoms with van der Waals surface area (Å²) < 4.78 is 1.29. The average molecular weight is 332 g/mol. The Hall–Kier alpha value is 0.140. The molecule has 1 rings (SSSR count). The Morgan fingerprint density at radius 3 is 2.50 bits per heavy atom. The molecular weight excluding hydrogens is 306 g/mol. The minimum absolute atomic E-state index is 0.245. The van der Waals surface area contributed by atoms with E-state index in [2.05, 4.69) is 61.9 Å². The lowest BCUT2D eigenvalue weighted by molar-refractivity contribution is 0.387. The first-order valence-electron chi connectivity index (χ1n) is 6.78. The minimum Gasteiger partial charge on any atom is -0.312 e. The molecule has 1 atom stereocenters. The van der Waals surface area contributed by atoms with Gasteiger partial charge in [0, 0.05) is 10.4 Å². The van der Waals surface area contributed by atoms with E-state index in [4.69, 9.17) is 0 Å². The number of thiophene rings is 1. The first kappa shape index (κ1) is 16.2. The van der Waals surface area contributed by atoms with Gasteiger partial charge in [0.25, 0.3) is 0 Å². The Bertz CT molecular complexity index is 346. The molecule has 0 bridgehead atoms. The summed E-state index contributed by atoms with van der Waals surface area (Å²) in [7, 11) is 0. The third-order valence-electron chi connectivity index (χ3n) is 3.08. The quantitative estimate of drug-likeness (QED) is 0.758. The summed E-state index contributed by atoms with van der Waals surface area (Å²) in [5, 5.41) is 3.56. The fourth-order valence-electron chi connectivity index (χ4n) is 1.87. The lowest BCUT2D eigenvalue weighted by atomic mass is 10.00. The molecule has 1 nitrogen and oxygen atoms in total. The van der Waals surface area contributed by atoms with Crippen molar-refractivity contribution in [3.05, 3.63) is 20.3 Å². The van der Waals surface area contributed by atoms with Crippen molar-refractivity contribution in [2.75, 3.05) is 6.54 Å². The number of rotatable bonds is 6. The number of nitrogens with one attached hydrogen (secondary N) is 1. The fraction of sp³-hybridized carbons (Fsp3) is 0.733. The molecule has 1 unspecified atom stereocenters. The van der Waals surface area contributed by atoms with E-state index in [1.54, 1.807) is 0 Å². The van der Waals surface area contributed by atoms with Crippen molar-refractivity contribution < 1.29 is 0 Å². The Labute approximate surface area is 125 Å². The molecule has 0 aromatic carbocycles. The molecule has 0 aliphatic carbocycles. The predicted molar refractivity (Wildman–Crippen MR) is 86.6 cm³/mol. The van der Waals surface area contributed by atoms with Crippen LogP contribution in [0.4, 0.5) is 0 Å². The van der Waals surface area contributed by atoms with Crippen LogP contribution in [-0.4, -0.2) is 12.1 Å². The normalized spacial score (nSPS) is 13.9. The van der Waals surface area contributed by atoms with Gasteiger partial charge in [0.1, 0.15) is 0 Å². The first-order chi connectivity index (χ1) is 8.28. The van der Waals surface area contributed by atoms with Gasteiger partial charge in [-0.15, -0.1) is 11.3 Å². The van der Waals surface area contributed by atoms with Gasteiger partial charge < -0.3 is 5.32 Å². The number of hydrogen-bond acceptors (Lipinski definition) is 2. The van der Waals surface area contributed by atoms with Gasteiger partial charge in [-0.05, 0) is 87.0 Å². The van der Waals surface area contributed by atoms with Crippen LogP contribution in [0, 0.1) is 12.8 Å². The summed E-state index contributed by atoms with van der Waals surface area (Å²) in [4.78, 5) is 1.51. The van der Waals surface area contributed by atoms with Gasteiger partial charge in [0.05, 0.1) is 3.79 Å². The summed E-state index contributed by atoms with van der Waals surface area (Å²) in [6.07, 6.45) is 3.77. The molecule has 0 fully saturated rings. The zero-order valence-electron chi connectivity index (χ0n) is 12.3. The highest BCUT2D eigenvalue weighted by atomic mass is 79.9. The van der Waals surface area contributed by atoms with E-state index < -0.39 is 0 Å². The second-order valence-corrected chi connectivity index (χ2v) is 8.73. The Kier molecular flexibility index (Phi) is 6.36. The molecule has 1 heterocycles. The van der Waals surface area contributed by atoms with E-state index in [1.807, 2.05) is 11.3 Å². The smallest absolute Gasteiger partial charge is 0.0730 e. The Morgan fingerprint density at radius 1 is 1.33 bits per heavy atom. The third kappa shape index (κ3) is 6.35. The number of hydrogen-bond donors (Lipinski definition) is 1. The van der Waals surface area contributed by atoms with E-state index in [9.17, 15) is 0 Å². The lowest BCUT2D eigenvalue weighted by Gasteiger charge is -2.21. The van der Waals surface area contributed by atoms with Crippen molar-refractivity contribution in [1.82, 2.24) is 5.32 Å². The van der Waals surface area contributed by atoms with Crippen LogP contribution in [0.15, 0.2) is 9.85 Å². The number of halogens is 1. The average Bonchev–Trinajstić information content (AvgIpc) is 2.54. The molecule has 1 aromatic rings. The molecule has 0 spiro atoms. The number of aryl methyl sites for hydroxylation is 2. The van der Waals surface area contributed by atoms with Crippen molar-refractivity contribution in [2.24, 2.45) is 5.92 Å². The molecule has 1 N–H and O–H groups in total. The summed E-state index contributed by atoms with van der Waals surface area (Å²) in [5.41, 5.74) is 1.62. The Balaban J connectivity index is 2.23. The van der Waals surface area contributed by atoms with Gasteiger partial charge in [-0.3, -0.25) is 0 Å². The van der Waals surface area contributed by atoms with Crippen molar-refractivity contribution in [1.29, 1.82) is 0 Å². The minimum atomic E-state index is 0.245. The zero-order chi connectivity index (χ0) is 13.8. The molecular formula is C15H26BrNS. The standard InChI is InChI=1S/C15H26BrNS/c1-11(8-9-17-15(3,4)5)6-7-13-10-12(2)14(16)18-13/h10-11,17H,6-9H2,1-5H3. The van der Waals surface area contributed by atoms with Crippen LogP contribution in [0.2, 0.25) is 0 Å². The van der Waals surface area contributed by atoms with Gasteiger partial charge in [-0.2, -0.15) is 0 Å². The zero-order valence-corrected chi connectivity index (χ0v) is 14.7. The predicted octanol–water partition coefficient (Wildman–Crippen LogP) is 5.17. The monoisotopic (exact) mass is 331 g/mol. The van der Waals surface area contributed by atoms with E-state index in [0.717, 1.165) is 12.5 Å². The SMILES string of the molecule is Cc1cc(CCC(C)CCNC(C)(C)C)sc1Br. The van der Waals surface area contributed by atoms with E-state index >= 15 is 0 Å². The highest BCUT2D eigenvalue weighted by Gasteiger charge is 2.10. The third-order valence-corrected chi connectivity index (χ3v) is 5.28. The van der Waals surface area contributed by atoms with Crippen LogP contribution in [0.3, 0.4) is 0 Å².